The molecule has 2 unspecified atom stereocenters. The van der Waals surface area contributed by atoms with Crippen molar-refractivity contribution in [2.75, 3.05) is 5.01 Å². The summed E-state index contributed by atoms with van der Waals surface area (Å²) < 4.78 is 5.51. The van der Waals surface area contributed by atoms with Crippen molar-refractivity contribution in [1.29, 1.82) is 5.26 Å². The van der Waals surface area contributed by atoms with Gasteiger partial charge in [0.25, 0.3) is 0 Å². The zero-order valence-corrected chi connectivity index (χ0v) is 15.3. The van der Waals surface area contributed by atoms with E-state index in [4.69, 9.17) is 14.9 Å². The van der Waals surface area contributed by atoms with E-state index in [-0.39, 0.29) is 17.5 Å². The van der Waals surface area contributed by atoms with E-state index < -0.39 is 5.97 Å². The maximum absolute atomic E-state index is 11.3. The molecular weight excluding hydrogens is 368 g/mol. The van der Waals surface area contributed by atoms with Crippen molar-refractivity contribution in [2.24, 2.45) is 11.0 Å². The molecule has 0 radical (unpaired) electrons. The second-order valence-corrected chi connectivity index (χ2v) is 7.17. The molecule has 0 bridgehead atoms. The first-order chi connectivity index (χ1) is 14.2. The van der Waals surface area contributed by atoms with E-state index in [0.717, 1.165) is 41.1 Å². The molecule has 0 saturated carbocycles. The van der Waals surface area contributed by atoms with Crippen LogP contribution in [0.3, 0.4) is 0 Å². The van der Waals surface area contributed by atoms with Crippen molar-refractivity contribution < 1.29 is 14.4 Å². The number of fused-ring (bicyclic) bond motifs is 3. The van der Waals surface area contributed by atoms with Gasteiger partial charge in [-0.15, -0.1) is 0 Å². The number of aromatic carboxylic acids is 1. The largest absolute Gasteiger partial charge is 0.478 e. The number of hydrogen-bond acceptors (Lipinski definition) is 6. The van der Waals surface area contributed by atoms with Crippen LogP contribution in [0.1, 0.15) is 45.3 Å². The van der Waals surface area contributed by atoms with Gasteiger partial charge in [0.05, 0.1) is 34.8 Å². The SMILES string of the molecule is N#Cc1ccc(N2N=C3c4ccc(C(=O)O)cc4CCC3C2c2ccno2)cc1. The molecule has 2 heterocycles. The topological polar surface area (TPSA) is 103 Å². The lowest BCUT2D eigenvalue weighted by atomic mass is 9.78. The Balaban J connectivity index is 1.61. The van der Waals surface area contributed by atoms with Gasteiger partial charge in [-0.05, 0) is 54.8 Å². The van der Waals surface area contributed by atoms with Crippen molar-refractivity contribution in [3.63, 3.8) is 0 Å². The lowest BCUT2D eigenvalue weighted by molar-refractivity contribution is 0.0696. The van der Waals surface area contributed by atoms with Gasteiger partial charge in [0, 0.05) is 17.5 Å². The van der Waals surface area contributed by atoms with E-state index in [1.165, 1.54) is 0 Å². The highest BCUT2D eigenvalue weighted by Gasteiger charge is 2.44. The van der Waals surface area contributed by atoms with Crippen LogP contribution in [-0.4, -0.2) is 21.9 Å². The Morgan fingerprint density at radius 1 is 1.21 bits per heavy atom. The zero-order chi connectivity index (χ0) is 20.0. The number of nitriles is 1. The maximum atomic E-state index is 11.3. The quantitative estimate of drug-likeness (QED) is 0.737. The Bertz CT molecular complexity index is 1160. The predicted octanol–water partition coefficient (Wildman–Crippen LogP) is 3.77. The van der Waals surface area contributed by atoms with Crippen LogP contribution in [0.4, 0.5) is 5.69 Å². The molecule has 3 aromatic rings. The van der Waals surface area contributed by atoms with Crippen LogP contribution in [0.25, 0.3) is 0 Å². The average Bonchev–Trinajstić information content (AvgIpc) is 3.40. The van der Waals surface area contributed by atoms with Gasteiger partial charge in [0.1, 0.15) is 6.04 Å². The van der Waals surface area contributed by atoms with Crippen molar-refractivity contribution in [2.45, 2.75) is 18.9 Å². The summed E-state index contributed by atoms with van der Waals surface area (Å²) in [5.74, 6) is -0.104. The second-order valence-electron chi connectivity index (χ2n) is 7.17. The van der Waals surface area contributed by atoms with Gasteiger partial charge in [-0.2, -0.15) is 10.4 Å². The van der Waals surface area contributed by atoms with E-state index in [9.17, 15) is 9.90 Å². The van der Waals surface area contributed by atoms with E-state index in [2.05, 4.69) is 11.2 Å². The number of carboxylic acid groups (broad SMARTS) is 1. The van der Waals surface area contributed by atoms with Crippen molar-refractivity contribution >= 4 is 17.4 Å². The highest BCUT2D eigenvalue weighted by atomic mass is 16.5. The molecular formula is C22H16N4O3. The van der Waals surface area contributed by atoms with E-state index in [1.807, 2.05) is 29.3 Å². The first kappa shape index (κ1) is 17.2. The Morgan fingerprint density at radius 2 is 2.03 bits per heavy atom. The molecule has 0 saturated heterocycles. The molecule has 2 aliphatic rings. The lowest BCUT2D eigenvalue weighted by Gasteiger charge is -2.28. The third-order valence-corrected chi connectivity index (χ3v) is 5.57. The van der Waals surface area contributed by atoms with Crippen LogP contribution in [0.2, 0.25) is 0 Å². The predicted molar refractivity (Wildman–Crippen MR) is 105 cm³/mol. The van der Waals surface area contributed by atoms with Crippen LogP contribution in [0.15, 0.2) is 64.4 Å². The smallest absolute Gasteiger partial charge is 0.335 e. The molecule has 0 fully saturated rings. The minimum absolute atomic E-state index is 0.0989. The molecule has 2 aromatic carbocycles. The first-order valence-corrected chi connectivity index (χ1v) is 9.31. The maximum Gasteiger partial charge on any atom is 0.335 e. The number of hydrogen-bond donors (Lipinski definition) is 1. The van der Waals surface area contributed by atoms with Crippen molar-refractivity contribution in [3.8, 4) is 6.07 Å². The fraction of sp³-hybridized carbons (Fsp3) is 0.182. The van der Waals surface area contributed by atoms with Gasteiger partial charge in [-0.25, -0.2) is 4.79 Å². The molecule has 7 heteroatoms. The van der Waals surface area contributed by atoms with Gasteiger partial charge in [-0.1, -0.05) is 11.2 Å². The standard InChI is InChI=1S/C22H16N4O3/c23-12-13-1-5-16(6-2-13)26-21(19-9-10-24-29-19)18-8-3-14-11-15(22(27)28)4-7-17(14)20(18)25-26/h1-2,4-7,9-11,18,21H,3,8H2,(H,27,28). The highest BCUT2D eigenvalue weighted by molar-refractivity contribution is 6.07. The first-order valence-electron chi connectivity index (χ1n) is 9.31. The summed E-state index contributed by atoms with van der Waals surface area (Å²) in [7, 11) is 0. The van der Waals surface area contributed by atoms with Crippen molar-refractivity contribution in [3.05, 3.63) is 82.7 Å². The minimum Gasteiger partial charge on any atom is -0.478 e. The third kappa shape index (κ3) is 2.77. The van der Waals surface area contributed by atoms with Crippen LogP contribution >= 0.6 is 0 Å². The van der Waals surface area contributed by atoms with E-state index in [0.29, 0.717) is 5.56 Å². The number of carbonyl (C=O) groups is 1. The second kappa shape index (κ2) is 6.60. The number of aryl methyl sites for hydroxylation is 1. The number of carboxylic acids is 1. The number of anilines is 1. The molecule has 29 heavy (non-hydrogen) atoms. The molecule has 0 amide bonds. The molecule has 142 valence electrons. The van der Waals surface area contributed by atoms with Gasteiger partial charge >= 0.3 is 5.97 Å². The summed E-state index contributed by atoms with van der Waals surface area (Å²) in [6, 6.07) is 16.3. The van der Waals surface area contributed by atoms with Gasteiger partial charge < -0.3 is 9.63 Å². The van der Waals surface area contributed by atoms with Gasteiger partial charge in [-0.3, -0.25) is 5.01 Å². The van der Waals surface area contributed by atoms with E-state index >= 15 is 0 Å². The summed E-state index contributed by atoms with van der Waals surface area (Å²) in [6.45, 7) is 0. The summed E-state index contributed by atoms with van der Waals surface area (Å²) in [4.78, 5) is 11.3. The number of nitrogens with zero attached hydrogens (tertiary/aromatic N) is 4. The molecule has 7 nitrogen and oxygen atoms in total. The third-order valence-electron chi connectivity index (χ3n) is 5.57. The van der Waals surface area contributed by atoms with E-state index in [1.54, 1.807) is 30.5 Å². The fourth-order valence-electron chi connectivity index (χ4n) is 4.22. The Labute approximate surface area is 166 Å². The molecule has 1 aliphatic carbocycles. The Hall–Kier alpha value is -3.92. The summed E-state index contributed by atoms with van der Waals surface area (Å²) in [5, 5.41) is 29.1. The summed E-state index contributed by atoms with van der Waals surface area (Å²) in [6.07, 6.45) is 3.22. The molecule has 0 spiro atoms. The molecule has 1 aromatic heterocycles. The number of rotatable bonds is 3. The Morgan fingerprint density at radius 3 is 2.72 bits per heavy atom. The number of benzene rings is 2. The molecule has 2 atom stereocenters. The van der Waals surface area contributed by atoms with Crippen LogP contribution in [0.5, 0.6) is 0 Å². The summed E-state index contributed by atoms with van der Waals surface area (Å²) >= 11 is 0. The number of hydrazone groups is 1. The van der Waals surface area contributed by atoms with Crippen LogP contribution < -0.4 is 5.01 Å². The van der Waals surface area contributed by atoms with Gasteiger partial charge in [0.2, 0.25) is 0 Å². The molecule has 5 rings (SSSR count). The average molecular weight is 384 g/mol. The fourth-order valence-corrected chi connectivity index (χ4v) is 4.22. The molecule has 1 N–H and O–H groups in total. The lowest BCUT2D eigenvalue weighted by Crippen LogP contribution is -2.28. The highest BCUT2D eigenvalue weighted by Crippen LogP contribution is 2.45. The number of aromatic nitrogens is 1. The monoisotopic (exact) mass is 384 g/mol. The summed E-state index contributed by atoms with van der Waals surface area (Å²) in [5.41, 5.74) is 4.63. The Kier molecular flexibility index (Phi) is 3.91. The molecule has 1 aliphatic heterocycles. The van der Waals surface area contributed by atoms with Gasteiger partial charge in [0.15, 0.2) is 5.76 Å². The van der Waals surface area contributed by atoms with Crippen LogP contribution in [-0.2, 0) is 6.42 Å². The normalized spacial score (nSPS) is 19.8. The minimum atomic E-state index is -0.929. The van der Waals surface area contributed by atoms with Crippen LogP contribution in [0, 0.1) is 17.2 Å². The zero-order valence-electron chi connectivity index (χ0n) is 15.3. The van der Waals surface area contributed by atoms with Crippen molar-refractivity contribution in [1.82, 2.24) is 5.16 Å².